The zero-order chi connectivity index (χ0) is 18.3. The van der Waals surface area contributed by atoms with Gasteiger partial charge in [-0.25, -0.2) is 8.42 Å². The first-order valence-corrected chi connectivity index (χ1v) is 10.3. The minimum Gasteiger partial charge on any atom is -0.356 e. The van der Waals surface area contributed by atoms with Crippen molar-refractivity contribution in [1.29, 1.82) is 0 Å². The number of hydrogen-bond donors (Lipinski definition) is 3. The monoisotopic (exact) mass is 386 g/mol. The van der Waals surface area contributed by atoms with E-state index < -0.39 is 9.84 Å². The number of nitrogens with zero attached hydrogens (tertiary/aromatic N) is 1. The van der Waals surface area contributed by atoms with Crippen LogP contribution in [0.25, 0.3) is 0 Å². The van der Waals surface area contributed by atoms with Gasteiger partial charge in [0.05, 0.1) is 11.5 Å². The first-order chi connectivity index (χ1) is 11.9. The summed E-state index contributed by atoms with van der Waals surface area (Å²) < 4.78 is 22.8. The largest absolute Gasteiger partial charge is 0.356 e. The molecule has 1 atom stereocenters. The van der Waals surface area contributed by atoms with Crippen LogP contribution < -0.4 is 16.0 Å². The molecule has 1 aromatic carbocycles. The third-order valence-electron chi connectivity index (χ3n) is 3.81. The summed E-state index contributed by atoms with van der Waals surface area (Å²) in [4.78, 5) is 16.0. The third kappa shape index (κ3) is 6.91. The van der Waals surface area contributed by atoms with Crippen molar-refractivity contribution in [2.45, 2.75) is 25.4 Å². The van der Waals surface area contributed by atoms with Crippen LogP contribution in [-0.2, 0) is 21.2 Å². The van der Waals surface area contributed by atoms with Crippen molar-refractivity contribution in [3.8, 4) is 0 Å². The molecule has 1 unspecified atom stereocenters. The number of halogens is 1. The lowest BCUT2D eigenvalue weighted by atomic mass is 10.2. The Bertz CT molecular complexity index is 737. The number of sulfone groups is 1. The highest BCUT2D eigenvalue weighted by Gasteiger charge is 2.28. The Hall–Kier alpha value is -1.80. The van der Waals surface area contributed by atoms with Gasteiger partial charge in [-0.1, -0.05) is 23.7 Å². The van der Waals surface area contributed by atoms with Crippen molar-refractivity contribution < 1.29 is 13.2 Å². The van der Waals surface area contributed by atoms with Gasteiger partial charge in [-0.05, 0) is 24.1 Å². The summed E-state index contributed by atoms with van der Waals surface area (Å²) in [6.45, 7) is 0.965. The molecule has 0 bridgehead atoms. The number of hydrogen-bond acceptors (Lipinski definition) is 4. The minimum atomic E-state index is -2.98. The molecule has 7 nitrogen and oxygen atoms in total. The Labute approximate surface area is 153 Å². The van der Waals surface area contributed by atoms with E-state index in [1.165, 1.54) is 0 Å². The molecule has 0 spiro atoms. The molecule has 0 aliphatic carbocycles. The van der Waals surface area contributed by atoms with Gasteiger partial charge in [-0.3, -0.25) is 9.79 Å². The van der Waals surface area contributed by atoms with Crippen molar-refractivity contribution in [3.05, 3.63) is 34.9 Å². The smallest absolute Gasteiger partial charge is 0.222 e. The summed E-state index contributed by atoms with van der Waals surface area (Å²) in [7, 11) is -1.34. The second kappa shape index (κ2) is 9.05. The lowest BCUT2D eigenvalue weighted by molar-refractivity contribution is -0.121. The maximum absolute atomic E-state index is 11.9. The fourth-order valence-corrected chi connectivity index (χ4v) is 4.44. The number of nitrogens with one attached hydrogen (secondary N) is 3. The van der Waals surface area contributed by atoms with Gasteiger partial charge >= 0.3 is 0 Å². The van der Waals surface area contributed by atoms with Crippen LogP contribution in [0.15, 0.2) is 29.3 Å². The molecule has 138 valence electrons. The Morgan fingerprint density at radius 3 is 2.80 bits per heavy atom. The van der Waals surface area contributed by atoms with Crippen LogP contribution in [0, 0.1) is 0 Å². The summed E-state index contributed by atoms with van der Waals surface area (Å²) >= 11 is 5.94. The molecule has 25 heavy (non-hydrogen) atoms. The molecular formula is C16H23ClN4O3S. The van der Waals surface area contributed by atoms with Gasteiger partial charge in [0.1, 0.15) is 0 Å². The molecule has 0 aromatic heterocycles. The van der Waals surface area contributed by atoms with E-state index >= 15 is 0 Å². The molecular weight excluding hydrogens is 364 g/mol. The Balaban J connectivity index is 1.67. The van der Waals surface area contributed by atoms with Gasteiger partial charge in [0.15, 0.2) is 15.8 Å². The number of aliphatic imine (C=N–C) groups is 1. The summed E-state index contributed by atoms with van der Waals surface area (Å²) in [5, 5.41) is 9.62. The average molecular weight is 387 g/mol. The highest BCUT2D eigenvalue weighted by atomic mass is 35.5. The summed E-state index contributed by atoms with van der Waals surface area (Å²) in [6, 6.07) is 7.24. The van der Waals surface area contributed by atoms with E-state index in [1.807, 2.05) is 24.3 Å². The molecule has 1 heterocycles. The lowest BCUT2D eigenvalue weighted by Crippen LogP contribution is -2.40. The molecule has 1 amide bonds. The highest BCUT2D eigenvalue weighted by molar-refractivity contribution is 7.91. The van der Waals surface area contributed by atoms with Crippen LogP contribution in [0.5, 0.6) is 0 Å². The van der Waals surface area contributed by atoms with Crippen molar-refractivity contribution >= 4 is 33.3 Å². The molecule has 0 saturated carbocycles. The number of benzene rings is 1. The second-order valence-corrected chi connectivity index (χ2v) is 8.57. The van der Waals surface area contributed by atoms with E-state index in [0.29, 0.717) is 30.5 Å². The van der Waals surface area contributed by atoms with Crippen molar-refractivity contribution in [1.82, 2.24) is 16.0 Å². The molecule has 1 aliphatic rings. The molecule has 0 radical (unpaired) electrons. The molecule has 1 saturated heterocycles. The topological polar surface area (TPSA) is 99.7 Å². The third-order valence-corrected chi connectivity index (χ3v) is 5.82. The fraction of sp³-hybridized carbons (Fsp3) is 0.500. The summed E-state index contributed by atoms with van der Waals surface area (Å²) in [6.07, 6.45) is 0.735. The van der Waals surface area contributed by atoms with Crippen LogP contribution in [0.4, 0.5) is 0 Å². The van der Waals surface area contributed by atoms with Gasteiger partial charge in [0.2, 0.25) is 5.91 Å². The molecule has 2 rings (SSSR count). The van der Waals surface area contributed by atoms with Crippen LogP contribution in [0.3, 0.4) is 0 Å². The quantitative estimate of drug-likeness (QED) is 0.493. The van der Waals surface area contributed by atoms with Crippen LogP contribution in [-0.4, -0.2) is 51.4 Å². The van der Waals surface area contributed by atoms with Crippen LogP contribution in [0.2, 0.25) is 5.02 Å². The SMILES string of the molecule is CN=C(NCCC(=O)NC1CCS(=O)(=O)C1)NCc1cccc(Cl)c1. The zero-order valence-electron chi connectivity index (χ0n) is 14.1. The van der Waals surface area contributed by atoms with Crippen molar-refractivity contribution in [2.75, 3.05) is 25.1 Å². The maximum atomic E-state index is 11.9. The van der Waals surface area contributed by atoms with E-state index in [2.05, 4.69) is 20.9 Å². The zero-order valence-corrected chi connectivity index (χ0v) is 15.7. The number of carbonyl (C=O) groups is 1. The Morgan fingerprint density at radius 1 is 1.36 bits per heavy atom. The minimum absolute atomic E-state index is 0.0367. The number of rotatable bonds is 6. The molecule has 1 aromatic rings. The normalized spacial score (nSPS) is 19.4. The van der Waals surface area contributed by atoms with Crippen LogP contribution in [0.1, 0.15) is 18.4 Å². The lowest BCUT2D eigenvalue weighted by Gasteiger charge is -2.13. The summed E-state index contributed by atoms with van der Waals surface area (Å²) in [5.74, 6) is 0.599. The fourth-order valence-electron chi connectivity index (χ4n) is 2.56. The van der Waals surface area contributed by atoms with Gasteiger partial charge in [0.25, 0.3) is 0 Å². The maximum Gasteiger partial charge on any atom is 0.222 e. The second-order valence-electron chi connectivity index (χ2n) is 5.90. The van der Waals surface area contributed by atoms with E-state index in [-0.39, 0.29) is 29.9 Å². The van der Waals surface area contributed by atoms with Crippen molar-refractivity contribution in [2.24, 2.45) is 4.99 Å². The van der Waals surface area contributed by atoms with Gasteiger partial charge in [0, 0.05) is 37.6 Å². The van der Waals surface area contributed by atoms with Crippen molar-refractivity contribution in [3.63, 3.8) is 0 Å². The standard InChI is InChI=1S/C16H23ClN4O3S/c1-18-16(20-10-12-3-2-4-13(17)9-12)19-7-5-15(22)21-14-6-8-25(23,24)11-14/h2-4,9,14H,5-8,10-11H2,1H3,(H,21,22)(H2,18,19,20). The van der Waals surface area contributed by atoms with Crippen LogP contribution >= 0.6 is 11.6 Å². The molecule has 1 fully saturated rings. The highest BCUT2D eigenvalue weighted by Crippen LogP contribution is 2.11. The number of guanidine groups is 1. The first kappa shape index (κ1) is 19.5. The van der Waals surface area contributed by atoms with E-state index in [0.717, 1.165) is 5.56 Å². The Kier molecular flexibility index (Phi) is 7.07. The molecule has 9 heteroatoms. The summed E-state index contributed by atoms with van der Waals surface area (Å²) in [5.41, 5.74) is 1.02. The molecule has 1 aliphatic heterocycles. The van der Waals surface area contributed by atoms with E-state index in [4.69, 9.17) is 11.6 Å². The Morgan fingerprint density at radius 2 is 2.16 bits per heavy atom. The number of amides is 1. The van der Waals surface area contributed by atoms with E-state index in [1.54, 1.807) is 7.05 Å². The number of carbonyl (C=O) groups excluding carboxylic acids is 1. The van der Waals surface area contributed by atoms with E-state index in [9.17, 15) is 13.2 Å². The van der Waals surface area contributed by atoms with Gasteiger partial charge < -0.3 is 16.0 Å². The predicted molar refractivity (Wildman–Crippen MR) is 99.5 cm³/mol. The van der Waals surface area contributed by atoms with Gasteiger partial charge in [-0.15, -0.1) is 0 Å². The molecule has 3 N–H and O–H groups in total. The first-order valence-electron chi connectivity index (χ1n) is 8.07. The predicted octanol–water partition coefficient (Wildman–Crippen LogP) is 0.698. The van der Waals surface area contributed by atoms with Gasteiger partial charge in [-0.2, -0.15) is 0 Å². The average Bonchev–Trinajstić information content (AvgIpc) is 2.89.